The second kappa shape index (κ2) is 39.6. The number of ketones is 2. The molecule has 3 aromatic heterocycles. The summed E-state index contributed by atoms with van der Waals surface area (Å²) in [7, 11) is 4.55. The van der Waals surface area contributed by atoms with Crippen molar-refractivity contribution in [2.24, 2.45) is 26.8 Å². The van der Waals surface area contributed by atoms with E-state index in [0.717, 1.165) is 10.0 Å². The molecule has 7 rings (SSSR count). The predicted octanol–water partition coefficient (Wildman–Crippen LogP) is 4.14. The van der Waals surface area contributed by atoms with Gasteiger partial charge >= 0.3 is 138 Å². The number of nitrogens with zero attached hydrogens (tertiary/aromatic N) is 6. The zero-order chi connectivity index (χ0) is 56.5. The van der Waals surface area contributed by atoms with Crippen molar-refractivity contribution in [2.45, 2.75) is 43.8 Å². The molecule has 0 radical (unpaired) electrons. The number of oxime groups is 2. The number of carbonyl (C=O) groups is 3. The number of methoxy groups -OCH3 is 3. The molecule has 20 nitrogen and oxygen atoms in total. The van der Waals surface area contributed by atoms with Gasteiger partial charge in [0.1, 0.15) is 29.2 Å². The molecule has 1 aliphatic heterocycles. The number of nitrogens with one attached hydrogen (secondary N) is 1. The van der Waals surface area contributed by atoms with Crippen molar-refractivity contribution in [3.05, 3.63) is 171 Å². The maximum absolute atomic E-state index is 12.3. The molecule has 3 aromatic carbocycles. The second-order valence-electron chi connectivity index (χ2n) is 14.7. The maximum Gasteiger partial charge on any atom is 1.00 e. The second-order valence-corrected chi connectivity index (χ2v) is 20.0. The Morgan fingerprint density at radius 1 is 0.744 bits per heavy atom. The predicted molar refractivity (Wildman–Crippen MR) is 302 cm³/mol. The minimum Gasteiger partial charge on any atom is -1.00 e. The number of halogens is 7. The molecule has 406 valence electrons. The van der Waals surface area contributed by atoms with Crippen LogP contribution in [0.15, 0.2) is 138 Å². The number of ether oxygens (including phenoxy) is 3. The van der Waals surface area contributed by atoms with E-state index in [2.05, 4.69) is 99.4 Å². The standard InChI is InChI=1S/C16H15BrClN3O3.C16H15BrClN3O2.C9H8BrClO.C7H8BrN3O2.CH2O3.2Cs.H/c1-9(14(22)10-4-3-5-11(18)8-10)24-21-15(19)13-7-6-12(17)16(20-13)23-2;1-9-14(10-4-3-5-11(18)8-10)20-15(21-23-9)13-7-6-12(17)16(19-13)22-2;1-6(10)9(12)7-3-2-4-8(11)5-7;1-13-7-4(8)2-3-5(10-7)6(9)11-12;2-1-4-3;;;/h3-9H,1-2H3,(H2,19,21);3-9,14H,1-2H3,(H,20,21);2-6H,1H3;2-3,12H,1H3,(H2,9,11);1,3H;;;/q;;;;;2*+1;-1/p-1. The smallest absolute Gasteiger partial charge is 1.00 e. The molecule has 6 N–H and O–H groups in total. The number of amidine groups is 3. The summed E-state index contributed by atoms with van der Waals surface area (Å²) in [5, 5.41) is 25.2. The molecular weight excluding hydrogens is 1580 g/mol. The number of nitrogens with two attached hydrogens (primary N) is 2. The van der Waals surface area contributed by atoms with Crippen LogP contribution in [-0.2, 0) is 19.4 Å². The van der Waals surface area contributed by atoms with Crippen molar-refractivity contribution in [2.75, 3.05) is 21.3 Å². The van der Waals surface area contributed by atoms with Crippen LogP contribution >= 0.6 is 98.5 Å². The molecule has 0 bridgehead atoms. The van der Waals surface area contributed by atoms with Gasteiger partial charge in [-0.3, -0.25) is 24.2 Å². The van der Waals surface area contributed by atoms with Crippen molar-refractivity contribution in [1.29, 1.82) is 0 Å². The minimum atomic E-state index is -0.820. The number of alkyl halides is 1. The number of rotatable bonds is 14. The summed E-state index contributed by atoms with van der Waals surface area (Å²) in [5.41, 5.74) is 17.5. The van der Waals surface area contributed by atoms with E-state index in [0.29, 0.717) is 75.7 Å². The zero-order valence-electron chi connectivity index (χ0n) is 43.8. The van der Waals surface area contributed by atoms with Crippen LogP contribution in [0.1, 0.15) is 71.6 Å². The fraction of sp³-hybridized carbons (Fsp3) is 0.204. The Bertz CT molecular complexity index is 3020. The molecule has 0 saturated heterocycles. The number of benzene rings is 3. The molecule has 4 unspecified atom stereocenters. The SMILES string of the molecule is CC(Br)C(=O)c1cccc(Cl)c1.COc1nc(/C(N)=N/O)ccc1Br.COc1nc(/C(N)=N/OC(C)C(=O)c2cccc(Cl)c2)ccc1Br.COc1nc(C2=NC(c3cccc(Cl)c3)C(C)ON2)ccc1Br.O=CO[O-].[Cs+].[Cs+].[H-]. The third-order valence-corrected chi connectivity index (χ3v) is 12.4. The Morgan fingerprint density at radius 2 is 1.19 bits per heavy atom. The summed E-state index contributed by atoms with van der Waals surface area (Å²) in [6.45, 7) is 5.15. The summed E-state index contributed by atoms with van der Waals surface area (Å²) in [4.78, 5) is 62.9. The Hall–Kier alpha value is -1.86. The molecule has 0 amide bonds. The molecule has 0 fully saturated rings. The number of carbonyl (C=O) groups excluding carboxylic acids is 3. The number of aliphatic imine (C=N–C) groups is 1. The zero-order valence-corrected chi connectivity index (χ0v) is 64.0. The van der Waals surface area contributed by atoms with Gasteiger partial charge in [0.05, 0.1) is 39.6 Å². The number of aromatic nitrogens is 3. The summed E-state index contributed by atoms with van der Waals surface area (Å²) in [6, 6.07) is 31.4. The summed E-state index contributed by atoms with van der Waals surface area (Å²) in [6.07, 6.45) is -0.950. The third kappa shape index (κ3) is 24.9. The first-order valence-corrected chi connectivity index (χ1v) is 25.9. The van der Waals surface area contributed by atoms with Gasteiger partial charge in [-0.05, 0) is 147 Å². The Balaban J connectivity index is 0.00000103. The normalized spacial score (nSPS) is 14.1. The van der Waals surface area contributed by atoms with E-state index in [-0.39, 0.29) is 186 Å². The number of hydrogen-bond acceptors (Lipinski definition) is 18. The first kappa shape index (κ1) is 74.2. The van der Waals surface area contributed by atoms with Crippen LogP contribution in [-0.4, -0.2) is 94.1 Å². The first-order chi connectivity index (χ1) is 36.2. The Morgan fingerprint density at radius 3 is 1.64 bits per heavy atom. The summed E-state index contributed by atoms with van der Waals surface area (Å²) in [5.74, 6) is 1.59. The molecule has 4 atom stereocenters. The molecule has 78 heavy (non-hydrogen) atoms. The van der Waals surface area contributed by atoms with Crippen LogP contribution in [0, 0.1) is 0 Å². The third-order valence-electron chi connectivity index (χ3n) is 9.44. The van der Waals surface area contributed by atoms with Gasteiger partial charge < -0.3 is 47.3 Å². The van der Waals surface area contributed by atoms with Gasteiger partial charge in [0.25, 0.3) is 6.47 Å². The van der Waals surface area contributed by atoms with E-state index < -0.39 is 6.10 Å². The summed E-state index contributed by atoms with van der Waals surface area (Å²) < 4.78 is 17.4. The molecule has 0 saturated carbocycles. The molecule has 4 heterocycles. The van der Waals surface area contributed by atoms with Gasteiger partial charge in [-0.15, -0.1) is 0 Å². The molecule has 0 aliphatic carbocycles. The maximum atomic E-state index is 12.3. The van der Waals surface area contributed by atoms with Crippen molar-refractivity contribution < 1.29 is 193 Å². The fourth-order valence-electron chi connectivity index (χ4n) is 5.78. The van der Waals surface area contributed by atoms with Crippen LogP contribution in [0.3, 0.4) is 0 Å². The monoisotopic (exact) mass is 1620 g/mol. The van der Waals surface area contributed by atoms with E-state index in [1.807, 2.05) is 43.3 Å². The van der Waals surface area contributed by atoms with E-state index in [1.54, 1.807) is 93.8 Å². The number of pyridine rings is 3. The van der Waals surface area contributed by atoms with E-state index >= 15 is 0 Å². The van der Waals surface area contributed by atoms with Crippen LogP contribution in [0.5, 0.6) is 17.6 Å². The number of Topliss-reactive ketones (excluding diaryl/α,β-unsaturated/α-hetero) is 2. The van der Waals surface area contributed by atoms with Gasteiger partial charge in [0.2, 0.25) is 23.4 Å². The van der Waals surface area contributed by atoms with E-state index in [4.69, 9.17) is 90.4 Å². The van der Waals surface area contributed by atoms with Crippen molar-refractivity contribution >= 4 is 134 Å². The van der Waals surface area contributed by atoms with Gasteiger partial charge in [0.15, 0.2) is 29.4 Å². The largest absolute Gasteiger partial charge is 1.00 e. The van der Waals surface area contributed by atoms with Gasteiger partial charge in [-0.1, -0.05) is 97.4 Å². The number of hydrogen-bond donors (Lipinski definition) is 4. The molecule has 29 heteroatoms. The van der Waals surface area contributed by atoms with Gasteiger partial charge in [-0.25, -0.2) is 20.4 Å². The number of hydroxylamine groups is 1. The van der Waals surface area contributed by atoms with Crippen molar-refractivity contribution in [3.63, 3.8) is 0 Å². The van der Waals surface area contributed by atoms with Gasteiger partial charge in [0, 0.05) is 26.2 Å². The van der Waals surface area contributed by atoms with E-state index in [9.17, 15) is 9.59 Å². The Labute approximate surface area is 617 Å². The summed E-state index contributed by atoms with van der Waals surface area (Å²) >= 11 is 30.8. The average Bonchev–Trinajstić information content (AvgIpc) is 3.42. The molecule has 6 aromatic rings. The molecular formula is C49H48Br4Cl3Cs2N9O11. The average molecular weight is 1630 g/mol. The van der Waals surface area contributed by atoms with Crippen LogP contribution in [0.4, 0.5) is 0 Å². The molecule has 1 aliphatic rings. The van der Waals surface area contributed by atoms with Crippen LogP contribution < -0.4 is 174 Å². The van der Waals surface area contributed by atoms with Crippen LogP contribution in [0.2, 0.25) is 15.1 Å². The van der Waals surface area contributed by atoms with Crippen molar-refractivity contribution in [3.8, 4) is 17.6 Å². The first-order valence-electron chi connectivity index (χ1n) is 21.5. The van der Waals surface area contributed by atoms with Crippen LogP contribution in [0.25, 0.3) is 0 Å². The van der Waals surface area contributed by atoms with Gasteiger partial charge in [-0.2, -0.15) is 0 Å². The van der Waals surface area contributed by atoms with E-state index in [1.165, 1.54) is 14.2 Å². The van der Waals surface area contributed by atoms with Crippen molar-refractivity contribution in [1.82, 2.24) is 20.4 Å². The topological polar surface area (TPSA) is 290 Å². The fourth-order valence-corrected chi connectivity index (χ4v) is 7.78. The quantitative estimate of drug-likeness (QED) is 0.0174. The molecule has 0 spiro atoms. The minimum absolute atomic E-state index is 0. The Kier molecular flexibility index (Phi) is 37.6.